The summed E-state index contributed by atoms with van der Waals surface area (Å²) in [5, 5.41) is 0. The molecule has 1 rings (SSSR count). The molecule has 1 saturated heterocycles. The van der Waals surface area contributed by atoms with Crippen LogP contribution in [0.25, 0.3) is 0 Å². The molecule has 3 N–H and O–H groups in total. The number of carbonyl (C=O) groups is 1. The second-order valence-corrected chi connectivity index (χ2v) is 1.68. The molecule has 1 fully saturated rings. The van der Waals surface area contributed by atoms with Gasteiger partial charge < -0.3 is 4.74 Å². The van der Waals surface area contributed by atoms with Crippen molar-refractivity contribution in [3.8, 4) is 0 Å². The fourth-order valence-electron chi connectivity index (χ4n) is 0.647. The predicted molar refractivity (Wildman–Crippen MR) is 26.7 cm³/mol. The number of carbonyl (C=O) groups excluding carboxylic acids is 1. The molecular weight excluding hydrogens is 108 g/mol. The SMILES string of the molecule is NN[C@H]1CCOC1=O. The van der Waals surface area contributed by atoms with Gasteiger partial charge in [0, 0.05) is 6.42 Å². The number of cyclic esters (lactones) is 1. The predicted octanol–water partition coefficient (Wildman–Crippen LogP) is -1.23. The number of nitrogens with one attached hydrogen (secondary N) is 1. The average Bonchev–Trinajstić information content (AvgIpc) is 2.14. The highest BCUT2D eigenvalue weighted by atomic mass is 16.5. The lowest BCUT2D eigenvalue weighted by Crippen LogP contribution is -2.38. The molecule has 1 atom stereocenters. The number of ether oxygens (including phenoxy) is 1. The van der Waals surface area contributed by atoms with Crippen LogP contribution >= 0.6 is 0 Å². The maximum absolute atomic E-state index is 10.4. The zero-order valence-corrected chi connectivity index (χ0v) is 4.39. The molecule has 46 valence electrons. The lowest BCUT2D eigenvalue weighted by Gasteiger charge is -1.98. The van der Waals surface area contributed by atoms with Gasteiger partial charge in [-0.05, 0) is 0 Å². The number of hydrogen-bond acceptors (Lipinski definition) is 4. The van der Waals surface area contributed by atoms with Crippen LogP contribution in [-0.2, 0) is 9.53 Å². The van der Waals surface area contributed by atoms with E-state index in [0.29, 0.717) is 13.0 Å². The van der Waals surface area contributed by atoms with Crippen LogP contribution in [0.2, 0.25) is 0 Å². The minimum Gasteiger partial charge on any atom is -0.464 e. The van der Waals surface area contributed by atoms with Gasteiger partial charge >= 0.3 is 5.97 Å². The summed E-state index contributed by atoms with van der Waals surface area (Å²) in [6.07, 6.45) is 0.690. The third-order valence-corrected chi connectivity index (χ3v) is 1.14. The molecule has 0 aromatic rings. The Morgan fingerprint density at radius 3 is 2.88 bits per heavy atom. The van der Waals surface area contributed by atoms with Crippen LogP contribution in [0.4, 0.5) is 0 Å². The van der Waals surface area contributed by atoms with Crippen LogP contribution in [0.3, 0.4) is 0 Å². The van der Waals surface area contributed by atoms with Crippen LogP contribution in [0, 0.1) is 0 Å². The van der Waals surface area contributed by atoms with E-state index in [1.54, 1.807) is 0 Å². The molecule has 0 radical (unpaired) electrons. The maximum atomic E-state index is 10.4. The van der Waals surface area contributed by atoms with E-state index >= 15 is 0 Å². The molecule has 0 aromatic heterocycles. The standard InChI is InChI=1S/C4H8N2O2/c5-6-3-1-2-8-4(3)7/h3,6H,1-2,5H2/t3-/m0/s1. The molecule has 0 unspecified atom stereocenters. The Morgan fingerprint density at radius 1 is 1.88 bits per heavy atom. The number of rotatable bonds is 1. The van der Waals surface area contributed by atoms with Gasteiger partial charge in [0.05, 0.1) is 6.61 Å². The average molecular weight is 116 g/mol. The second-order valence-electron chi connectivity index (χ2n) is 1.68. The van der Waals surface area contributed by atoms with Crippen molar-refractivity contribution in [1.29, 1.82) is 0 Å². The molecule has 4 heteroatoms. The van der Waals surface area contributed by atoms with Crippen LogP contribution in [0.5, 0.6) is 0 Å². The first kappa shape index (κ1) is 5.53. The van der Waals surface area contributed by atoms with Gasteiger partial charge in [0.2, 0.25) is 0 Å². The number of hydrazine groups is 1. The lowest BCUT2D eigenvalue weighted by molar-refractivity contribution is -0.139. The summed E-state index contributed by atoms with van der Waals surface area (Å²) in [6, 6.07) is -0.269. The highest BCUT2D eigenvalue weighted by molar-refractivity contribution is 5.77. The van der Waals surface area contributed by atoms with Crippen molar-refractivity contribution in [3.05, 3.63) is 0 Å². The van der Waals surface area contributed by atoms with Crippen LogP contribution < -0.4 is 11.3 Å². The minimum atomic E-state index is -0.269. The van der Waals surface area contributed by atoms with Crippen molar-refractivity contribution in [2.24, 2.45) is 5.84 Å². The van der Waals surface area contributed by atoms with Gasteiger partial charge in [-0.25, -0.2) is 5.43 Å². The summed E-state index contributed by atoms with van der Waals surface area (Å²) >= 11 is 0. The Bertz CT molecular complexity index is 104. The molecule has 0 bridgehead atoms. The van der Waals surface area contributed by atoms with Crippen molar-refractivity contribution in [3.63, 3.8) is 0 Å². The quantitative estimate of drug-likeness (QED) is 0.255. The monoisotopic (exact) mass is 116 g/mol. The van der Waals surface area contributed by atoms with Crippen molar-refractivity contribution in [2.45, 2.75) is 12.5 Å². The highest BCUT2D eigenvalue weighted by Crippen LogP contribution is 2.02. The van der Waals surface area contributed by atoms with E-state index in [-0.39, 0.29) is 12.0 Å². The molecule has 0 spiro atoms. The van der Waals surface area contributed by atoms with Gasteiger partial charge in [0.1, 0.15) is 6.04 Å². The van der Waals surface area contributed by atoms with Crippen LogP contribution in [0.1, 0.15) is 6.42 Å². The summed E-state index contributed by atoms with van der Waals surface area (Å²) in [5.41, 5.74) is 2.34. The van der Waals surface area contributed by atoms with Crippen molar-refractivity contribution in [1.82, 2.24) is 5.43 Å². The topological polar surface area (TPSA) is 64.3 Å². The molecule has 0 aromatic carbocycles. The Kier molecular flexibility index (Phi) is 1.45. The van der Waals surface area contributed by atoms with E-state index < -0.39 is 0 Å². The zero-order chi connectivity index (χ0) is 5.98. The van der Waals surface area contributed by atoms with E-state index in [1.807, 2.05) is 0 Å². The fraction of sp³-hybridized carbons (Fsp3) is 0.750. The molecule has 8 heavy (non-hydrogen) atoms. The van der Waals surface area contributed by atoms with Crippen molar-refractivity contribution < 1.29 is 9.53 Å². The Hall–Kier alpha value is -0.610. The molecule has 1 heterocycles. The summed E-state index contributed by atoms with van der Waals surface area (Å²) in [6.45, 7) is 0.494. The summed E-state index contributed by atoms with van der Waals surface area (Å²) < 4.78 is 4.57. The van der Waals surface area contributed by atoms with E-state index in [1.165, 1.54) is 0 Å². The normalized spacial score (nSPS) is 28.1. The largest absolute Gasteiger partial charge is 0.464 e. The van der Waals surface area contributed by atoms with E-state index in [2.05, 4.69) is 10.2 Å². The third kappa shape index (κ3) is 0.801. The first-order chi connectivity index (χ1) is 3.84. The molecule has 0 saturated carbocycles. The van der Waals surface area contributed by atoms with Gasteiger partial charge in [-0.1, -0.05) is 0 Å². The van der Waals surface area contributed by atoms with Gasteiger partial charge in [-0.2, -0.15) is 0 Å². The van der Waals surface area contributed by atoms with Gasteiger partial charge in [0.25, 0.3) is 0 Å². The number of nitrogens with two attached hydrogens (primary N) is 1. The Morgan fingerprint density at radius 2 is 2.62 bits per heavy atom. The Labute approximate surface area is 47.0 Å². The van der Waals surface area contributed by atoms with Crippen LogP contribution in [-0.4, -0.2) is 18.6 Å². The van der Waals surface area contributed by atoms with E-state index in [4.69, 9.17) is 5.84 Å². The van der Waals surface area contributed by atoms with Crippen molar-refractivity contribution >= 4 is 5.97 Å². The molecule has 0 aliphatic carbocycles. The first-order valence-corrected chi connectivity index (χ1v) is 2.47. The molecule has 0 amide bonds. The van der Waals surface area contributed by atoms with E-state index in [0.717, 1.165) is 0 Å². The molecular formula is C4H8N2O2. The Balaban J connectivity index is 2.42. The molecule has 1 aliphatic heterocycles. The number of hydrogen-bond donors (Lipinski definition) is 2. The van der Waals surface area contributed by atoms with Gasteiger partial charge in [0.15, 0.2) is 0 Å². The smallest absolute Gasteiger partial charge is 0.324 e. The van der Waals surface area contributed by atoms with Crippen LogP contribution in [0.15, 0.2) is 0 Å². The summed E-state index contributed by atoms with van der Waals surface area (Å²) in [4.78, 5) is 10.4. The maximum Gasteiger partial charge on any atom is 0.324 e. The minimum absolute atomic E-state index is 0.243. The van der Waals surface area contributed by atoms with E-state index in [9.17, 15) is 4.79 Å². The third-order valence-electron chi connectivity index (χ3n) is 1.14. The molecule has 1 aliphatic rings. The lowest BCUT2D eigenvalue weighted by atomic mass is 10.3. The fourth-order valence-corrected chi connectivity index (χ4v) is 0.647. The summed E-state index contributed by atoms with van der Waals surface area (Å²) in [7, 11) is 0. The van der Waals surface area contributed by atoms with Crippen molar-refractivity contribution in [2.75, 3.05) is 6.61 Å². The molecule has 4 nitrogen and oxygen atoms in total. The first-order valence-electron chi connectivity index (χ1n) is 2.47. The van der Waals surface area contributed by atoms with Gasteiger partial charge in [-0.3, -0.25) is 10.6 Å². The second kappa shape index (κ2) is 2.11. The van der Waals surface area contributed by atoms with Gasteiger partial charge in [-0.15, -0.1) is 0 Å². The number of esters is 1. The summed E-state index contributed by atoms with van der Waals surface area (Å²) in [5.74, 6) is 4.73. The highest BCUT2D eigenvalue weighted by Gasteiger charge is 2.24. The zero-order valence-electron chi connectivity index (χ0n) is 4.39.